The van der Waals surface area contributed by atoms with Gasteiger partial charge >= 0.3 is 18.1 Å². The minimum Gasteiger partial charge on any atom is -0.476 e. The molecule has 1 aliphatic heterocycles. The maximum absolute atomic E-state index is 11.7. The Morgan fingerprint density at radius 3 is 2.75 bits per heavy atom. The normalized spacial score (nSPS) is 15.2. The van der Waals surface area contributed by atoms with Crippen molar-refractivity contribution in [2.24, 2.45) is 5.10 Å². The quantitative estimate of drug-likeness (QED) is 0.697. The number of rotatable bonds is 4. The van der Waals surface area contributed by atoms with E-state index < -0.39 is 23.7 Å². The van der Waals surface area contributed by atoms with Gasteiger partial charge in [0, 0.05) is 11.9 Å². The molecular weight excluding hydrogens is 338 g/mol. The van der Waals surface area contributed by atoms with E-state index in [4.69, 9.17) is 4.74 Å². The van der Waals surface area contributed by atoms with Crippen molar-refractivity contribution >= 4 is 40.3 Å². The Labute approximate surface area is 141 Å². The largest absolute Gasteiger partial charge is 0.476 e. The number of carboxylic acids is 1. The van der Waals surface area contributed by atoms with Crippen LogP contribution in [0.25, 0.3) is 0 Å². The van der Waals surface area contributed by atoms with E-state index in [1.54, 1.807) is 20.8 Å². The number of nitrogens with one attached hydrogen (secondary N) is 2. The zero-order valence-electron chi connectivity index (χ0n) is 13.3. The van der Waals surface area contributed by atoms with Crippen molar-refractivity contribution in [1.29, 1.82) is 0 Å². The number of nitrogens with zero attached hydrogens (tertiary/aromatic N) is 3. The van der Waals surface area contributed by atoms with Crippen molar-refractivity contribution in [2.75, 3.05) is 18.4 Å². The van der Waals surface area contributed by atoms with Crippen molar-refractivity contribution in [3.05, 3.63) is 11.1 Å². The molecule has 0 aromatic carbocycles. The molecule has 1 saturated heterocycles. The molecule has 3 amide bonds. The molecule has 0 radical (unpaired) electrons. The van der Waals surface area contributed by atoms with Gasteiger partial charge < -0.3 is 15.2 Å². The summed E-state index contributed by atoms with van der Waals surface area (Å²) >= 11 is 1.02. The molecule has 3 N–H and O–H groups in total. The number of hydrogen-bond donors (Lipinski definition) is 3. The average Bonchev–Trinajstić information content (AvgIpc) is 3.02. The molecule has 1 fully saturated rings. The zero-order valence-corrected chi connectivity index (χ0v) is 14.1. The monoisotopic (exact) mass is 355 g/mol. The fourth-order valence-corrected chi connectivity index (χ4v) is 2.39. The second kappa shape index (κ2) is 6.83. The van der Waals surface area contributed by atoms with Gasteiger partial charge in [0.2, 0.25) is 0 Å². The number of urea groups is 1. The SMILES string of the molecule is CC(C)(C)OC(=O)Nc1nc(C(=NN2CCNC2=O)C(=O)O)cs1. The number of carboxylic acid groups (broad SMARTS) is 1. The summed E-state index contributed by atoms with van der Waals surface area (Å²) in [6.45, 7) is 5.81. The van der Waals surface area contributed by atoms with Crippen LogP contribution in [0.4, 0.5) is 14.7 Å². The number of thiazole rings is 1. The van der Waals surface area contributed by atoms with Crippen LogP contribution >= 0.6 is 11.3 Å². The van der Waals surface area contributed by atoms with Gasteiger partial charge in [-0.2, -0.15) is 5.10 Å². The second-order valence-corrected chi connectivity index (χ2v) is 6.63. The van der Waals surface area contributed by atoms with Crippen LogP contribution in [0.15, 0.2) is 10.5 Å². The minimum absolute atomic E-state index is 0.0401. The number of anilines is 1. The topological polar surface area (TPSA) is 133 Å². The van der Waals surface area contributed by atoms with E-state index in [1.807, 2.05) is 0 Å². The third-order valence-corrected chi connectivity index (χ3v) is 3.37. The third-order valence-electron chi connectivity index (χ3n) is 2.61. The number of ether oxygens (including phenoxy) is 1. The van der Waals surface area contributed by atoms with E-state index in [0.29, 0.717) is 6.54 Å². The maximum Gasteiger partial charge on any atom is 0.413 e. The van der Waals surface area contributed by atoms with Crippen LogP contribution in [0.1, 0.15) is 26.5 Å². The van der Waals surface area contributed by atoms with Crippen LogP contribution in [0, 0.1) is 0 Å². The molecule has 130 valence electrons. The molecule has 0 saturated carbocycles. The molecule has 2 rings (SSSR count). The van der Waals surface area contributed by atoms with Crippen LogP contribution in [0.3, 0.4) is 0 Å². The summed E-state index contributed by atoms with van der Waals surface area (Å²) in [5.41, 5.74) is -1.01. The van der Waals surface area contributed by atoms with E-state index in [2.05, 4.69) is 20.7 Å². The Morgan fingerprint density at radius 2 is 2.21 bits per heavy atom. The fourth-order valence-electron chi connectivity index (χ4n) is 1.71. The van der Waals surface area contributed by atoms with E-state index in [0.717, 1.165) is 16.3 Å². The highest BCUT2D eigenvalue weighted by molar-refractivity contribution is 7.14. The van der Waals surface area contributed by atoms with Gasteiger partial charge in [0.1, 0.15) is 11.3 Å². The Morgan fingerprint density at radius 1 is 1.50 bits per heavy atom. The van der Waals surface area contributed by atoms with Crippen LogP contribution in [0.5, 0.6) is 0 Å². The molecule has 0 spiro atoms. The molecule has 2 heterocycles. The first-order chi connectivity index (χ1) is 11.2. The number of hydrazone groups is 1. The molecule has 24 heavy (non-hydrogen) atoms. The van der Waals surface area contributed by atoms with Gasteiger partial charge in [0.25, 0.3) is 0 Å². The van der Waals surface area contributed by atoms with Gasteiger partial charge in [-0.05, 0) is 20.8 Å². The summed E-state index contributed by atoms with van der Waals surface area (Å²) in [5, 5.41) is 20.6. The average molecular weight is 355 g/mol. The first-order valence-electron chi connectivity index (χ1n) is 6.99. The molecule has 11 heteroatoms. The lowest BCUT2D eigenvalue weighted by atomic mass is 10.2. The van der Waals surface area contributed by atoms with Crippen LogP contribution in [0.2, 0.25) is 0 Å². The van der Waals surface area contributed by atoms with Crippen LogP contribution in [-0.4, -0.2) is 57.6 Å². The number of amides is 3. The molecular formula is C13H17N5O5S. The number of carbonyl (C=O) groups excluding carboxylic acids is 2. The fraction of sp³-hybridized carbons (Fsp3) is 0.462. The lowest BCUT2D eigenvalue weighted by molar-refractivity contribution is -0.129. The molecule has 1 aromatic rings. The highest BCUT2D eigenvalue weighted by Crippen LogP contribution is 2.18. The lowest BCUT2D eigenvalue weighted by Gasteiger charge is -2.18. The number of aromatic nitrogens is 1. The van der Waals surface area contributed by atoms with Gasteiger partial charge in [-0.25, -0.2) is 24.4 Å². The Bertz CT molecular complexity index is 693. The van der Waals surface area contributed by atoms with Crippen molar-refractivity contribution in [1.82, 2.24) is 15.3 Å². The second-order valence-electron chi connectivity index (χ2n) is 5.77. The zero-order chi connectivity index (χ0) is 17.9. The first-order valence-corrected chi connectivity index (χ1v) is 7.87. The number of aliphatic carboxylic acids is 1. The number of hydrogen-bond acceptors (Lipinski definition) is 7. The van der Waals surface area contributed by atoms with Crippen LogP contribution < -0.4 is 10.6 Å². The Kier molecular flexibility index (Phi) is 5.02. The Balaban J connectivity index is 2.14. The van der Waals surface area contributed by atoms with E-state index in [1.165, 1.54) is 5.38 Å². The van der Waals surface area contributed by atoms with Gasteiger partial charge in [-0.3, -0.25) is 5.32 Å². The standard InChI is InChI=1S/C13H17N5O5S/c1-13(2,3)23-12(22)16-10-15-7(6-24-10)8(9(19)20)17-18-5-4-14-11(18)21/h6H,4-5H2,1-3H3,(H,14,21)(H,19,20)(H,15,16,22). The minimum atomic E-state index is -1.33. The summed E-state index contributed by atoms with van der Waals surface area (Å²) in [5.74, 6) is -1.33. The van der Waals surface area contributed by atoms with Gasteiger partial charge in [-0.15, -0.1) is 11.3 Å². The van der Waals surface area contributed by atoms with Crippen molar-refractivity contribution in [3.63, 3.8) is 0 Å². The predicted octanol–water partition coefficient (Wildman–Crippen LogP) is 1.30. The molecule has 0 unspecified atom stereocenters. The smallest absolute Gasteiger partial charge is 0.413 e. The van der Waals surface area contributed by atoms with Gasteiger partial charge in [0.05, 0.1) is 6.54 Å². The molecule has 10 nitrogen and oxygen atoms in total. The van der Waals surface area contributed by atoms with Crippen molar-refractivity contribution < 1.29 is 24.2 Å². The van der Waals surface area contributed by atoms with E-state index in [-0.39, 0.29) is 23.1 Å². The summed E-state index contributed by atoms with van der Waals surface area (Å²) in [6, 6.07) is -0.476. The van der Waals surface area contributed by atoms with E-state index >= 15 is 0 Å². The predicted molar refractivity (Wildman–Crippen MR) is 86.2 cm³/mol. The van der Waals surface area contributed by atoms with Crippen LogP contribution in [-0.2, 0) is 9.53 Å². The summed E-state index contributed by atoms with van der Waals surface area (Å²) < 4.78 is 5.09. The first kappa shape index (κ1) is 17.7. The number of carbonyl (C=O) groups is 3. The highest BCUT2D eigenvalue weighted by Gasteiger charge is 2.24. The van der Waals surface area contributed by atoms with Gasteiger partial charge in [0.15, 0.2) is 10.8 Å². The van der Waals surface area contributed by atoms with Gasteiger partial charge in [-0.1, -0.05) is 0 Å². The third kappa shape index (κ3) is 4.65. The molecule has 1 aromatic heterocycles. The van der Waals surface area contributed by atoms with Crippen molar-refractivity contribution in [2.45, 2.75) is 26.4 Å². The lowest BCUT2D eigenvalue weighted by Crippen LogP contribution is -2.28. The molecule has 0 atom stereocenters. The molecule has 0 aliphatic carbocycles. The highest BCUT2D eigenvalue weighted by atomic mass is 32.1. The van der Waals surface area contributed by atoms with E-state index in [9.17, 15) is 19.5 Å². The Hall–Kier alpha value is -2.69. The van der Waals surface area contributed by atoms with Crippen molar-refractivity contribution in [3.8, 4) is 0 Å². The summed E-state index contributed by atoms with van der Waals surface area (Å²) in [7, 11) is 0. The maximum atomic E-state index is 11.7. The molecule has 1 aliphatic rings. The summed E-state index contributed by atoms with van der Waals surface area (Å²) in [6.07, 6.45) is -0.698. The summed E-state index contributed by atoms with van der Waals surface area (Å²) in [4.78, 5) is 38.5. The molecule has 0 bridgehead atoms.